The van der Waals surface area contributed by atoms with Crippen molar-refractivity contribution in [3.05, 3.63) is 82.9 Å². The summed E-state index contributed by atoms with van der Waals surface area (Å²) in [4.78, 5) is 14.6. The van der Waals surface area contributed by atoms with Crippen LogP contribution in [0.2, 0.25) is 0 Å². The Morgan fingerprint density at radius 1 is 0.718 bits per heavy atom. The van der Waals surface area contributed by atoms with Gasteiger partial charge in [-0.1, -0.05) is 73.0 Å². The van der Waals surface area contributed by atoms with E-state index in [0.717, 1.165) is 35.1 Å². The fourth-order valence-electron chi connectivity index (χ4n) is 4.36. The number of rotatable bonds is 11. The molecular formula is C32H37N3O4. The molecule has 2 N–H and O–H groups in total. The van der Waals surface area contributed by atoms with E-state index in [1.54, 1.807) is 6.07 Å². The van der Waals surface area contributed by atoms with Gasteiger partial charge < -0.3 is 19.7 Å². The fraction of sp³-hybridized carbons (Fsp3) is 0.344. The summed E-state index contributed by atoms with van der Waals surface area (Å²) in [5.41, 5.74) is 6.99. The van der Waals surface area contributed by atoms with Crippen LogP contribution in [0.3, 0.4) is 0 Å². The van der Waals surface area contributed by atoms with E-state index in [9.17, 15) is 10.2 Å². The average molecular weight is 528 g/mol. The van der Waals surface area contributed by atoms with Crippen LogP contribution in [-0.4, -0.2) is 50.8 Å². The summed E-state index contributed by atoms with van der Waals surface area (Å²) in [6.45, 7) is 10.5. The molecule has 0 amide bonds. The summed E-state index contributed by atoms with van der Waals surface area (Å²) in [7, 11) is 0. The summed E-state index contributed by atoms with van der Waals surface area (Å²) >= 11 is 0. The van der Waals surface area contributed by atoms with E-state index in [-0.39, 0.29) is 6.61 Å². The number of hydrogen-bond acceptors (Lipinski definition) is 7. The highest BCUT2D eigenvalue weighted by molar-refractivity contribution is 5.72. The molecule has 0 aliphatic rings. The molecule has 0 saturated carbocycles. The van der Waals surface area contributed by atoms with Gasteiger partial charge in [-0.05, 0) is 57.4 Å². The largest absolute Gasteiger partial charge is 0.490 e. The second-order valence-corrected chi connectivity index (χ2v) is 9.93. The van der Waals surface area contributed by atoms with Crippen LogP contribution in [-0.2, 0) is 4.74 Å². The zero-order valence-electron chi connectivity index (χ0n) is 23.3. The summed E-state index contributed by atoms with van der Waals surface area (Å²) in [6.07, 6.45) is -0.788. The van der Waals surface area contributed by atoms with Gasteiger partial charge in [-0.25, -0.2) is 15.0 Å². The Balaban J connectivity index is 1.74. The second-order valence-electron chi connectivity index (χ2n) is 9.93. The molecule has 7 heteroatoms. The number of aliphatic hydroxyl groups is 2. The summed E-state index contributed by atoms with van der Waals surface area (Å²) in [5.74, 6) is 2.09. The van der Waals surface area contributed by atoms with Crippen molar-refractivity contribution in [3.8, 4) is 39.9 Å². The van der Waals surface area contributed by atoms with Crippen molar-refractivity contribution >= 4 is 0 Å². The Morgan fingerprint density at radius 3 is 1.79 bits per heavy atom. The molecule has 0 aliphatic heterocycles. The van der Waals surface area contributed by atoms with Gasteiger partial charge in [0.1, 0.15) is 18.5 Å². The third-order valence-electron chi connectivity index (χ3n) is 6.53. The van der Waals surface area contributed by atoms with Crippen LogP contribution in [0.4, 0.5) is 0 Å². The van der Waals surface area contributed by atoms with Gasteiger partial charge in [0.15, 0.2) is 23.8 Å². The maximum absolute atomic E-state index is 10.4. The number of benzene rings is 3. The first-order valence-electron chi connectivity index (χ1n) is 13.4. The Kier molecular flexibility index (Phi) is 9.41. The van der Waals surface area contributed by atoms with Crippen LogP contribution < -0.4 is 4.74 Å². The van der Waals surface area contributed by atoms with Crippen LogP contribution in [0.15, 0.2) is 60.7 Å². The number of aryl methyl sites for hydroxylation is 4. The number of aliphatic hydroxyl groups excluding tert-OH is 2. The predicted octanol–water partition coefficient (Wildman–Crippen LogP) is 5.98. The molecule has 2 unspecified atom stereocenters. The maximum Gasteiger partial charge on any atom is 0.184 e. The minimum atomic E-state index is -1.33. The lowest BCUT2D eigenvalue weighted by atomic mass is 10.0. The molecule has 4 aromatic rings. The van der Waals surface area contributed by atoms with E-state index < -0.39 is 12.4 Å². The van der Waals surface area contributed by atoms with Crippen LogP contribution in [0, 0.1) is 27.7 Å². The standard InChI is InChI=1S/C32H37N3O4/c1-6-7-16-38-32(37)27(36)19-39-28-11-9-8-10-26(28)31-34-29(24-14-12-20(2)17-22(24)4)33-30(35-31)25-15-13-21(3)18-23(25)5/h8-15,17-18,27,32,36-37H,6-7,16,19H2,1-5H3. The highest BCUT2D eigenvalue weighted by Gasteiger charge is 2.20. The SMILES string of the molecule is CCCCOC(O)C(O)COc1ccccc1-c1nc(-c2ccc(C)cc2C)nc(-c2ccc(C)cc2C)n1. The first-order chi connectivity index (χ1) is 18.8. The van der Waals surface area contributed by atoms with E-state index in [1.165, 1.54) is 11.1 Å². The third kappa shape index (κ3) is 7.06. The Morgan fingerprint density at radius 2 is 1.26 bits per heavy atom. The molecule has 4 rings (SSSR count). The number of unbranched alkanes of at least 4 members (excludes halogenated alkanes) is 1. The van der Waals surface area contributed by atoms with Gasteiger partial charge in [-0.15, -0.1) is 0 Å². The fourth-order valence-corrected chi connectivity index (χ4v) is 4.36. The first kappa shape index (κ1) is 28.4. The van der Waals surface area contributed by atoms with E-state index in [2.05, 4.69) is 52.0 Å². The number of ether oxygens (including phenoxy) is 2. The van der Waals surface area contributed by atoms with Crippen molar-refractivity contribution in [1.82, 2.24) is 15.0 Å². The predicted molar refractivity (Wildman–Crippen MR) is 153 cm³/mol. The van der Waals surface area contributed by atoms with Crippen molar-refractivity contribution in [1.29, 1.82) is 0 Å². The van der Waals surface area contributed by atoms with Crippen molar-refractivity contribution in [2.45, 2.75) is 59.9 Å². The van der Waals surface area contributed by atoms with E-state index in [4.69, 9.17) is 24.4 Å². The van der Waals surface area contributed by atoms with Crippen LogP contribution in [0.25, 0.3) is 34.2 Å². The van der Waals surface area contributed by atoms with Gasteiger partial charge in [0.05, 0.1) is 5.56 Å². The summed E-state index contributed by atoms with van der Waals surface area (Å²) < 4.78 is 11.3. The first-order valence-corrected chi connectivity index (χ1v) is 13.4. The Bertz CT molecular complexity index is 1350. The molecule has 0 aliphatic carbocycles. The molecule has 1 aromatic heterocycles. The number of aromatic nitrogens is 3. The van der Waals surface area contributed by atoms with Crippen molar-refractivity contribution in [2.24, 2.45) is 0 Å². The smallest absolute Gasteiger partial charge is 0.184 e. The topological polar surface area (TPSA) is 97.6 Å². The average Bonchev–Trinajstić information content (AvgIpc) is 2.91. The zero-order chi connectivity index (χ0) is 27.9. The highest BCUT2D eigenvalue weighted by Crippen LogP contribution is 2.32. The molecule has 39 heavy (non-hydrogen) atoms. The molecule has 7 nitrogen and oxygen atoms in total. The molecule has 0 fully saturated rings. The number of nitrogens with zero attached hydrogens (tertiary/aromatic N) is 3. The van der Waals surface area contributed by atoms with E-state index in [1.807, 2.05) is 37.3 Å². The highest BCUT2D eigenvalue weighted by atomic mass is 16.6. The molecule has 0 saturated heterocycles. The van der Waals surface area contributed by atoms with Gasteiger partial charge in [0, 0.05) is 17.7 Å². The van der Waals surface area contributed by atoms with Gasteiger partial charge in [0.25, 0.3) is 0 Å². The minimum Gasteiger partial charge on any atom is -0.490 e. The van der Waals surface area contributed by atoms with Gasteiger partial charge >= 0.3 is 0 Å². The van der Waals surface area contributed by atoms with Gasteiger partial charge in [-0.3, -0.25) is 0 Å². The lowest BCUT2D eigenvalue weighted by Crippen LogP contribution is -2.34. The van der Waals surface area contributed by atoms with Crippen molar-refractivity contribution in [2.75, 3.05) is 13.2 Å². The van der Waals surface area contributed by atoms with E-state index in [0.29, 0.717) is 35.4 Å². The van der Waals surface area contributed by atoms with Gasteiger partial charge in [0.2, 0.25) is 0 Å². The van der Waals surface area contributed by atoms with Crippen molar-refractivity contribution in [3.63, 3.8) is 0 Å². The molecule has 2 atom stereocenters. The Labute approximate surface area is 230 Å². The zero-order valence-corrected chi connectivity index (χ0v) is 23.3. The van der Waals surface area contributed by atoms with Crippen molar-refractivity contribution < 1.29 is 19.7 Å². The molecular weight excluding hydrogens is 490 g/mol. The molecule has 1 heterocycles. The molecule has 0 spiro atoms. The van der Waals surface area contributed by atoms with E-state index >= 15 is 0 Å². The molecule has 0 radical (unpaired) electrons. The molecule has 204 valence electrons. The third-order valence-corrected chi connectivity index (χ3v) is 6.53. The van der Waals surface area contributed by atoms with Crippen LogP contribution in [0.1, 0.15) is 42.0 Å². The quantitative estimate of drug-likeness (QED) is 0.183. The normalized spacial score (nSPS) is 12.8. The second kappa shape index (κ2) is 12.9. The summed E-state index contributed by atoms with van der Waals surface area (Å²) in [6, 6.07) is 19.8. The maximum atomic E-state index is 10.4. The molecule has 0 bridgehead atoms. The minimum absolute atomic E-state index is 0.150. The summed E-state index contributed by atoms with van der Waals surface area (Å²) in [5, 5.41) is 20.5. The molecule has 3 aromatic carbocycles. The lowest BCUT2D eigenvalue weighted by molar-refractivity contribution is -0.169. The lowest BCUT2D eigenvalue weighted by Gasteiger charge is -2.19. The number of hydrogen-bond donors (Lipinski definition) is 2. The Hall–Kier alpha value is -3.65. The van der Waals surface area contributed by atoms with Gasteiger partial charge in [-0.2, -0.15) is 0 Å². The van der Waals surface area contributed by atoms with Crippen LogP contribution in [0.5, 0.6) is 5.75 Å². The van der Waals surface area contributed by atoms with Crippen LogP contribution >= 0.6 is 0 Å². The number of para-hydroxylation sites is 1. The monoisotopic (exact) mass is 527 g/mol.